The van der Waals surface area contributed by atoms with Gasteiger partial charge in [0.1, 0.15) is 5.69 Å². The maximum atomic E-state index is 13.0. The number of aryl methyl sites for hydroxylation is 1. The highest BCUT2D eigenvalue weighted by molar-refractivity contribution is 5.93. The van der Waals surface area contributed by atoms with Gasteiger partial charge in [0, 0.05) is 51.4 Å². The Balaban J connectivity index is 1.52. The summed E-state index contributed by atoms with van der Waals surface area (Å²) in [7, 11) is 1.86. The average Bonchev–Trinajstić information content (AvgIpc) is 3.02. The fourth-order valence-electron chi connectivity index (χ4n) is 3.98. The van der Waals surface area contributed by atoms with Crippen LogP contribution in [0.1, 0.15) is 19.8 Å². The molecule has 2 aliphatic heterocycles. The van der Waals surface area contributed by atoms with Crippen LogP contribution in [0.2, 0.25) is 0 Å². The van der Waals surface area contributed by atoms with Crippen molar-refractivity contribution in [2.45, 2.75) is 31.5 Å². The Morgan fingerprint density at radius 3 is 2.74 bits per heavy atom. The zero-order valence-electron chi connectivity index (χ0n) is 15.9. The molecular formula is C20H26N4O3. The van der Waals surface area contributed by atoms with Crippen LogP contribution >= 0.6 is 0 Å². The van der Waals surface area contributed by atoms with Gasteiger partial charge in [-0.2, -0.15) is 5.10 Å². The number of ether oxygens (including phenoxy) is 2. The SMILES string of the molecule is CC1CN(C(=O)Nc2cn(C)nc2-c2ccccc2)CC2(CCOCC2)O1. The summed E-state index contributed by atoms with van der Waals surface area (Å²) in [5.74, 6) is 0. The van der Waals surface area contributed by atoms with Crippen LogP contribution in [0.15, 0.2) is 36.5 Å². The molecule has 3 heterocycles. The van der Waals surface area contributed by atoms with Crippen LogP contribution < -0.4 is 5.32 Å². The van der Waals surface area contributed by atoms with Crippen LogP contribution in [0.3, 0.4) is 0 Å². The summed E-state index contributed by atoms with van der Waals surface area (Å²) in [6.07, 6.45) is 3.49. The van der Waals surface area contributed by atoms with Gasteiger partial charge in [0.2, 0.25) is 0 Å². The van der Waals surface area contributed by atoms with Gasteiger partial charge in [-0.25, -0.2) is 4.79 Å². The van der Waals surface area contributed by atoms with E-state index in [1.165, 1.54) is 0 Å². The van der Waals surface area contributed by atoms with E-state index in [2.05, 4.69) is 10.4 Å². The number of carbonyl (C=O) groups is 1. The standard InChI is InChI=1S/C20H26N4O3/c1-15-12-24(14-20(27-15)8-10-26-11-9-20)19(25)21-17-13-23(2)22-18(17)16-6-4-3-5-7-16/h3-7,13,15H,8-12,14H2,1-2H3,(H,21,25). The van der Waals surface area contributed by atoms with E-state index in [-0.39, 0.29) is 17.7 Å². The van der Waals surface area contributed by atoms with Gasteiger partial charge in [-0.3, -0.25) is 4.68 Å². The topological polar surface area (TPSA) is 68.6 Å². The summed E-state index contributed by atoms with van der Waals surface area (Å²) in [6.45, 7) is 4.56. The number of nitrogens with one attached hydrogen (secondary N) is 1. The van der Waals surface area contributed by atoms with Crippen molar-refractivity contribution >= 4 is 11.7 Å². The van der Waals surface area contributed by atoms with E-state index in [1.807, 2.05) is 55.4 Å². The van der Waals surface area contributed by atoms with E-state index in [0.717, 1.165) is 24.1 Å². The Hall–Kier alpha value is -2.38. The zero-order chi connectivity index (χ0) is 18.9. The molecule has 27 heavy (non-hydrogen) atoms. The average molecular weight is 370 g/mol. The van der Waals surface area contributed by atoms with Crippen molar-refractivity contribution < 1.29 is 14.3 Å². The van der Waals surface area contributed by atoms with E-state index in [9.17, 15) is 4.79 Å². The molecule has 0 radical (unpaired) electrons. The summed E-state index contributed by atoms with van der Waals surface area (Å²) in [5, 5.41) is 7.58. The molecule has 2 fully saturated rings. The third-order valence-corrected chi connectivity index (χ3v) is 5.22. The number of benzene rings is 1. The Kier molecular flexibility index (Phi) is 4.88. The van der Waals surface area contributed by atoms with Crippen molar-refractivity contribution in [2.75, 3.05) is 31.6 Å². The van der Waals surface area contributed by atoms with Crippen LogP contribution in [-0.2, 0) is 16.5 Å². The lowest BCUT2D eigenvalue weighted by molar-refractivity contribution is -0.174. The molecular weight excluding hydrogens is 344 g/mol. The number of nitrogens with zero attached hydrogens (tertiary/aromatic N) is 3. The van der Waals surface area contributed by atoms with Crippen molar-refractivity contribution in [1.29, 1.82) is 0 Å². The van der Waals surface area contributed by atoms with Crippen molar-refractivity contribution in [3.63, 3.8) is 0 Å². The maximum Gasteiger partial charge on any atom is 0.322 e. The number of aromatic nitrogens is 2. The van der Waals surface area contributed by atoms with Gasteiger partial charge in [-0.1, -0.05) is 30.3 Å². The summed E-state index contributed by atoms with van der Waals surface area (Å²) in [5.41, 5.74) is 2.18. The van der Waals surface area contributed by atoms with Crippen molar-refractivity contribution in [2.24, 2.45) is 7.05 Å². The molecule has 0 aliphatic carbocycles. The van der Waals surface area contributed by atoms with Crippen LogP contribution in [0, 0.1) is 0 Å². The maximum absolute atomic E-state index is 13.0. The minimum Gasteiger partial charge on any atom is -0.381 e. The van der Waals surface area contributed by atoms with Gasteiger partial charge in [0.15, 0.2) is 0 Å². The van der Waals surface area contributed by atoms with Crippen LogP contribution in [0.25, 0.3) is 11.3 Å². The first-order chi connectivity index (χ1) is 13.0. The molecule has 1 spiro atoms. The Labute approximate surface area is 159 Å². The number of anilines is 1. The fourth-order valence-corrected chi connectivity index (χ4v) is 3.98. The molecule has 7 nitrogen and oxygen atoms in total. The van der Waals surface area contributed by atoms with E-state index in [4.69, 9.17) is 9.47 Å². The van der Waals surface area contributed by atoms with Crippen molar-refractivity contribution in [3.05, 3.63) is 36.5 Å². The first kappa shape index (κ1) is 18.0. The lowest BCUT2D eigenvalue weighted by atomic mass is 9.91. The molecule has 2 aliphatic rings. The molecule has 2 amide bonds. The van der Waals surface area contributed by atoms with Crippen molar-refractivity contribution in [1.82, 2.24) is 14.7 Å². The molecule has 4 rings (SSSR count). The first-order valence-corrected chi connectivity index (χ1v) is 9.45. The molecule has 1 unspecified atom stereocenters. The third kappa shape index (κ3) is 3.84. The number of amides is 2. The van der Waals surface area contributed by atoms with Crippen LogP contribution in [0.4, 0.5) is 10.5 Å². The second-order valence-corrected chi connectivity index (χ2v) is 7.47. The van der Waals surface area contributed by atoms with E-state index in [1.54, 1.807) is 4.68 Å². The summed E-state index contributed by atoms with van der Waals surface area (Å²) in [4.78, 5) is 14.9. The van der Waals surface area contributed by atoms with E-state index >= 15 is 0 Å². The highest BCUT2D eigenvalue weighted by Gasteiger charge is 2.42. The molecule has 1 atom stereocenters. The molecule has 2 aromatic rings. The second-order valence-electron chi connectivity index (χ2n) is 7.47. The minimum absolute atomic E-state index is 0.00471. The van der Waals surface area contributed by atoms with Gasteiger partial charge < -0.3 is 19.7 Å². The van der Waals surface area contributed by atoms with E-state index in [0.29, 0.717) is 32.0 Å². The van der Waals surface area contributed by atoms with Gasteiger partial charge in [0.25, 0.3) is 0 Å². The Morgan fingerprint density at radius 2 is 2.00 bits per heavy atom. The van der Waals surface area contributed by atoms with Crippen LogP contribution in [0.5, 0.6) is 0 Å². The molecule has 7 heteroatoms. The first-order valence-electron chi connectivity index (χ1n) is 9.45. The summed E-state index contributed by atoms with van der Waals surface area (Å²) >= 11 is 0. The number of carbonyl (C=O) groups excluding carboxylic acids is 1. The molecule has 0 saturated carbocycles. The van der Waals surface area contributed by atoms with Crippen molar-refractivity contribution in [3.8, 4) is 11.3 Å². The number of rotatable bonds is 2. The Morgan fingerprint density at radius 1 is 1.26 bits per heavy atom. The van der Waals surface area contributed by atoms with Gasteiger partial charge >= 0.3 is 6.03 Å². The highest BCUT2D eigenvalue weighted by atomic mass is 16.5. The van der Waals surface area contributed by atoms with Gasteiger partial charge in [-0.15, -0.1) is 0 Å². The van der Waals surface area contributed by atoms with Gasteiger partial charge in [0.05, 0.1) is 23.9 Å². The molecule has 1 aromatic carbocycles. The largest absolute Gasteiger partial charge is 0.381 e. The minimum atomic E-state index is -0.287. The number of urea groups is 1. The number of morpholine rings is 1. The fraction of sp³-hybridized carbons (Fsp3) is 0.500. The molecule has 2 saturated heterocycles. The second kappa shape index (κ2) is 7.32. The number of hydrogen-bond acceptors (Lipinski definition) is 4. The zero-order valence-corrected chi connectivity index (χ0v) is 15.9. The van der Waals surface area contributed by atoms with Gasteiger partial charge in [-0.05, 0) is 6.92 Å². The monoisotopic (exact) mass is 370 g/mol. The highest BCUT2D eigenvalue weighted by Crippen LogP contribution is 2.32. The normalized spacial score (nSPS) is 22.0. The lowest BCUT2D eigenvalue weighted by Gasteiger charge is -2.47. The number of hydrogen-bond donors (Lipinski definition) is 1. The molecule has 1 N–H and O–H groups in total. The van der Waals surface area contributed by atoms with E-state index < -0.39 is 0 Å². The molecule has 1 aromatic heterocycles. The summed E-state index contributed by atoms with van der Waals surface area (Å²) in [6, 6.07) is 9.77. The molecule has 0 bridgehead atoms. The Bertz CT molecular complexity index is 799. The summed E-state index contributed by atoms with van der Waals surface area (Å²) < 4.78 is 13.4. The van der Waals surface area contributed by atoms with Crippen LogP contribution in [-0.4, -0.2) is 58.7 Å². The molecule has 144 valence electrons. The third-order valence-electron chi connectivity index (χ3n) is 5.22. The smallest absolute Gasteiger partial charge is 0.322 e. The lowest BCUT2D eigenvalue weighted by Crippen LogP contribution is -2.59. The predicted molar refractivity (Wildman–Crippen MR) is 103 cm³/mol. The predicted octanol–water partition coefficient (Wildman–Crippen LogP) is 2.89. The quantitative estimate of drug-likeness (QED) is 0.883.